The van der Waals surface area contributed by atoms with Crippen LogP contribution in [0.3, 0.4) is 0 Å². The Hall–Kier alpha value is -2.18. The molecule has 0 saturated carbocycles. The Balaban J connectivity index is 1.48. The second-order valence-corrected chi connectivity index (χ2v) is 7.19. The Labute approximate surface area is 146 Å². The van der Waals surface area contributed by atoms with E-state index in [4.69, 9.17) is 4.74 Å². The lowest BCUT2D eigenvalue weighted by Gasteiger charge is -2.30. The number of nitrogens with one attached hydrogen (secondary N) is 1. The fourth-order valence-electron chi connectivity index (χ4n) is 3.97. The van der Waals surface area contributed by atoms with E-state index in [1.807, 2.05) is 37.5 Å². The lowest BCUT2D eigenvalue weighted by atomic mass is 9.92. The minimum atomic E-state index is -1.38. The number of amides is 1. The topological polar surface area (TPSA) is 76.4 Å². The number of aryl methyl sites for hydroxylation is 1. The van der Waals surface area contributed by atoms with E-state index in [0.717, 1.165) is 29.5 Å². The molecule has 1 aliphatic carbocycles. The van der Waals surface area contributed by atoms with Crippen LogP contribution in [0, 0.1) is 0 Å². The summed E-state index contributed by atoms with van der Waals surface area (Å²) in [5.41, 5.74) is 1.12. The Morgan fingerprint density at radius 3 is 2.64 bits per heavy atom. The third-order valence-electron chi connectivity index (χ3n) is 5.38. The predicted octanol–water partition coefficient (Wildman–Crippen LogP) is 1.07. The summed E-state index contributed by atoms with van der Waals surface area (Å²) >= 11 is 0. The van der Waals surface area contributed by atoms with Crippen molar-refractivity contribution in [2.24, 2.45) is 7.05 Å². The summed E-state index contributed by atoms with van der Waals surface area (Å²) in [6.07, 6.45) is 6.21. The summed E-state index contributed by atoms with van der Waals surface area (Å²) in [6.45, 7) is 1.01. The van der Waals surface area contributed by atoms with Gasteiger partial charge in [0.2, 0.25) is 0 Å². The first-order chi connectivity index (χ1) is 12.0. The average Bonchev–Trinajstić information content (AvgIpc) is 3.30. The number of carbonyl (C=O) groups is 1. The SMILES string of the molecule is Cn1cc([C@]2(CNC(=O)C3(O)Cc4ccccc4C3)CCCO2)cn1. The van der Waals surface area contributed by atoms with E-state index in [0.29, 0.717) is 26.0 Å². The normalized spacial score (nSPS) is 24.2. The molecule has 6 nitrogen and oxygen atoms in total. The molecule has 4 rings (SSSR count). The summed E-state index contributed by atoms with van der Waals surface area (Å²) in [5.74, 6) is -0.331. The van der Waals surface area contributed by atoms with Crippen molar-refractivity contribution in [1.82, 2.24) is 15.1 Å². The third-order valence-corrected chi connectivity index (χ3v) is 5.38. The molecule has 2 aromatic rings. The second-order valence-electron chi connectivity index (χ2n) is 7.19. The Kier molecular flexibility index (Phi) is 3.89. The first-order valence-corrected chi connectivity index (χ1v) is 8.71. The fourth-order valence-corrected chi connectivity index (χ4v) is 3.97. The number of fused-ring (bicyclic) bond motifs is 1. The van der Waals surface area contributed by atoms with Crippen molar-refractivity contribution in [2.45, 2.75) is 36.9 Å². The van der Waals surface area contributed by atoms with Crippen LogP contribution in [0.5, 0.6) is 0 Å². The Morgan fingerprint density at radius 1 is 1.36 bits per heavy atom. The van der Waals surface area contributed by atoms with Gasteiger partial charge in [0.25, 0.3) is 5.91 Å². The van der Waals surface area contributed by atoms with Crippen LogP contribution in [0.2, 0.25) is 0 Å². The number of rotatable bonds is 4. The largest absolute Gasteiger partial charge is 0.379 e. The zero-order chi connectivity index (χ0) is 17.5. The molecule has 1 atom stereocenters. The maximum atomic E-state index is 12.7. The highest BCUT2D eigenvalue weighted by Crippen LogP contribution is 2.36. The molecule has 1 saturated heterocycles. The van der Waals surface area contributed by atoms with Crippen LogP contribution in [0.4, 0.5) is 0 Å². The monoisotopic (exact) mass is 341 g/mol. The summed E-state index contributed by atoms with van der Waals surface area (Å²) in [7, 11) is 1.86. The van der Waals surface area contributed by atoms with Gasteiger partial charge in [0, 0.05) is 38.3 Å². The molecule has 0 bridgehead atoms. The van der Waals surface area contributed by atoms with Gasteiger partial charge in [-0.25, -0.2) is 0 Å². The van der Waals surface area contributed by atoms with Crippen molar-refractivity contribution in [1.29, 1.82) is 0 Å². The van der Waals surface area contributed by atoms with Gasteiger partial charge >= 0.3 is 0 Å². The van der Waals surface area contributed by atoms with Crippen LogP contribution in [-0.2, 0) is 35.0 Å². The molecule has 25 heavy (non-hydrogen) atoms. The minimum absolute atomic E-state index is 0.331. The summed E-state index contributed by atoms with van der Waals surface area (Å²) in [5, 5.41) is 18.0. The zero-order valence-corrected chi connectivity index (χ0v) is 14.4. The number of hydrogen-bond acceptors (Lipinski definition) is 4. The number of nitrogens with zero attached hydrogens (tertiary/aromatic N) is 2. The lowest BCUT2D eigenvalue weighted by molar-refractivity contribution is -0.140. The van der Waals surface area contributed by atoms with Gasteiger partial charge in [0.15, 0.2) is 5.60 Å². The summed E-state index contributed by atoms with van der Waals surface area (Å²) in [4.78, 5) is 12.7. The van der Waals surface area contributed by atoms with Gasteiger partial charge in [0.05, 0.1) is 12.7 Å². The van der Waals surface area contributed by atoms with Crippen molar-refractivity contribution >= 4 is 5.91 Å². The maximum absolute atomic E-state index is 12.7. The van der Waals surface area contributed by atoms with Crippen molar-refractivity contribution in [2.75, 3.05) is 13.2 Å². The Bertz CT molecular complexity index is 768. The first kappa shape index (κ1) is 16.3. The maximum Gasteiger partial charge on any atom is 0.252 e. The molecule has 1 aromatic carbocycles. The van der Waals surface area contributed by atoms with Crippen molar-refractivity contribution in [3.05, 3.63) is 53.3 Å². The van der Waals surface area contributed by atoms with Crippen molar-refractivity contribution < 1.29 is 14.6 Å². The predicted molar refractivity (Wildman–Crippen MR) is 91.9 cm³/mol. The third kappa shape index (κ3) is 2.85. The number of hydrogen-bond donors (Lipinski definition) is 2. The number of aliphatic hydroxyl groups is 1. The van der Waals surface area contributed by atoms with Crippen LogP contribution in [0.25, 0.3) is 0 Å². The first-order valence-electron chi connectivity index (χ1n) is 8.71. The van der Waals surface area contributed by atoms with Crippen LogP contribution < -0.4 is 5.32 Å². The molecule has 6 heteroatoms. The molecular formula is C19H23N3O3. The van der Waals surface area contributed by atoms with Gasteiger partial charge in [-0.1, -0.05) is 24.3 Å². The molecule has 2 aliphatic rings. The van der Waals surface area contributed by atoms with E-state index in [2.05, 4.69) is 10.4 Å². The van der Waals surface area contributed by atoms with E-state index in [-0.39, 0.29) is 5.91 Å². The molecule has 1 aromatic heterocycles. The number of aromatic nitrogens is 2. The standard InChI is InChI=1S/C19H23N3O3/c1-22-12-16(11-21-22)19(7-4-8-25-19)13-20-17(23)18(24)9-14-5-2-3-6-15(14)10-18/h2-3,5-6,11-12,24H,4,7-10,13H2,1H3,(H,20,23)/t19-/m1/s1. The average molecular weight is 341 g/mol. The van der Waals surface area contributed by atoms with Gasteiger partial charge in [-0.05, 0) is 24.0 Å². The molecular weight excluding hydrogens is 318 g/mol. The van der Waals surface area contributed by atoms with Gasteiger partial charge in [0.1, 0.15) is 5.60 Å². The summed E-state index contributed by atoms with van der Waals surface area (Å²) in [6, 6.07) is 7.81. The Morgan fingerprint density at radius 2 is 2.08 bits per heavy atom. The van der Waals surface area contributed by atoms with Gasteiger partial charge in [-0.15, -0.1) is 0 Å². The van der Waals surface area contributed by atoms with E-state index in [9.17, 15) is 9.90 Å². The number of carbonyl (C=O) groups excluding carboxylic acids is 1. The van der Waals surface area contributed by atoms with E-state index < -0.39 is 11.2 Å². The van der Waals surface area contributed by atoms with Gasteiger partial charge in [-0.3, -0.25) is 9.48 Å². The number of benzene rings is 1. The highest BCUT2D eigenvalue weighted by atomic mass is 16.5. The molecule has 132 valence electrons. The van der Waals surface area contributed by atoms with Gasteiger partial charge < -0.3 is 15.2 Å². The molecule has 1 amide bonds. The van der Waals surface area contributed by atoms with Gasteiger partial charge in [-0.2, -0.15) is 5.10 Å². The van der Waals surface area contributed by atoms with Crippen LogP contribution in [0.1, 0.15) is 29.5 Å². The quantitative estimate of drug-likeness (QED) is 0.872. The summed E-state index contributed by atoms with van der Waals surface area (Å²) < 4.78 is 7.74. The highest BCUT2D eigenvalue weighted by Gasteiger charge is 2.44. The van der Waals surface area contributed by atoms with Crippen molar-refractivity contribution in [3.63, 3.8) is 0 Å². The van der Waals surface area contributed by atoms with Crippen LogP contribution in [0.15, 0.2) is 36.7 Å². The van der Waals surface area contributed by atoms with Crippen LogP contribution in [-0.4, -0.2) is 39.5 Å². The van der Waals surface area contributed by atoms with E-state index in [1.54, 1.807) is 10.9 Å². The second kappa shape index (κ2) is 5.97. The smallest absolute Gasteiger partial charge is 0.252 e. The van der Waals surface area contributed by atoms with Crippen LogP contribution >= 0.6 is 0 Å². The number of ether oxygens (including phenoxy) is 1. The molecule has 2 N–H and O–H groups in total. The zero-order valence-electron chi connectivity index (χ0n) is 14.4. The van der Waals surface area contributed by atoms with Crippen molar-refractivity contribution in [3.8, 4) is 0 Å². The molecule has 0 unspecified atom stereocenters. The highest BCUT2D eigenvalue weighted by molar-refractivity contribution is 5.86. The molecule has 1 aliphatic heterocycles. The molecule has 0 spiro atoms. The van der Waals surface area contributed by atoms with E-state index >= 15 is 0 Å². The lowest BCUT2D eigenvalue weighted by Crippen LogP contribution is -2.51. The minimum Gasteiger partial charge on any atom is -0.379 e. The molecule has 0 radical (unpaired) electrons. The van der Waals surface area contributed by atoms with E-state index in [1.165, 1.54) is 0 Å². The molecule has 2 heterocycles. The molecule has 1 fully saturated rings. The fraction of sp³-hybridized carbons (Fsp3) is 0.474.